The number of benzene rings is 1. The summed E-state index contributed by atoms with van der Waals surface area (Å²) in [5.41, 5.74) is 0.440. The zero-order chi connectivity index (χ0) is 16.2. The lowest BCUT2D eigenvalue weighted by atomic mass is 10.2. The Labute approximate surface area is 133 Å². The Morgan fingerprint density at radius 2 is 2.26 bits per heavy atom. The number of carbonyl (C=O) groups excluding carboxylic acids is 1. The van der Waals surface area contributed by atoms with Crippen molar-refractivity contribution < 1.29 is 9.53 Å². The lowest BCUT2D eigenvalue weighted by molar-refractivity contribution is -0.145. The number of H-pyrrole nitrogens is 1. The molecule has 1 aromatic heterocycles. The molecule has 1 aliphatic rings. The lowest BCUT2D eigenvalue weighted by Crippen LogP contribution is -2.49. The standard InChI is InChI=1S/C16H20N4O3/c1-2-20(16(22)13-9-17-7-8-23-13)10-14-18-12-6-4-3-5-11(12)15(21)19-14/h3-6,13,17H,2,7-10H2,1H3,(H,18,19,21)/t13-/m0/s1. The van der Waals surface area contributed by atoms with Crippen LogP contribution in [0.2, 0.25) is 0 Å². The van der Waals surface area contributed by atoms with E-state index in [0.29, 0.717) is 36.4 Å². The maximum atomic E-state index is 12.5. The summed E-state index contributed by atoms with van der Waals surface area (Å²) in [5.74, 6) is 0.392. The summed E-state index contributed by atoms with van der Waals surface area (Å²) in [6.07, 6.45) is -0.476. The molecule has 3 rings (SSSR count). The first-order valence-electron chi connectivity index (χ1n) is 7.78. The molecule has 7 nitrogen and oxygen atoms in total. The third-order valence-electron chi connectivity index (χ3n) is 3.90. The summed E-state index contributed by atoms with van der Waals surface area (Å²) < 4.78 is 5.51. The van der Waals surface area contributed by atoms with Crippen LogP contribution in [0.1, 0.15) is 12.7 Å². The van der Waals surface area contributed by atoms with Crippen molar-refractivity contribution in [1.82, 2.24) is 20.2 Å². The van der Waals surface area contributed by atoms with Crippen molar-refractivity contribution >= 4 is 16.8 Å². The van der Waals surface area contributed by atoms with Crippen molar-refractivity contribution in [3.63, 3.8) is 0 Å². The number of nitrogens with zero attached hydrogens (tertiary/aromatic N) is 2. The van der Waals surface area contributed by atoms with Crippen LogP contribution in [0.4, 0.5) is 0 Å². The van der Waals surface area contributed by atoms with Crippen molar-refractivity contribution in [2.75, 3.05) is 26.2 Å². The smallest absolute Gasteiger partial charge is 0.258 e. The number of morpholine rings is 1. The molecule has 1 fully saturated rings. The number of carbonyl (C=O) groups is 1. The van der Waals surface area contributed by atoms with Crippen LogP contribution in [0.3, 0.4) is 0 Å². The van der Waals surface area contributed by atoms with Crippen LogP contribution < -0.4 is 10.9 Å². The van der Waals surface area contributed by atoms with Crippen LogP contribution in [0.25, 0.3) is 10.9 Å². The molecule has 0 aliphatic carbocycles. The number of para-hydroxylation sites is 1. The van der Waals surface area contributed by atoms with E-state index in [1.807, 2.05) is 13.0 Å². The second kappa shape index (κ2) is 6.89. The highest BCUT2D eigenvalue weighted by molar-refractivity contribution is 5.81. The Morgan fingerprint density at radius 1 is 1.43 bits per heavy atom. The minimum atomic E-state index is -0.476. The number of rotatable bonds is 4. The summed E-state index contributed by atoms with van der Waals surface area (Å²) in [5, 5.41) is 3.69. The predicted molar refractivity (Wildman–Crippen MR) is 86.1 cm³/mol. The van der Waals surface area contributed by atoms with E-state index in [9.17, 15) is 9.59 Å². The molecule has 1 atom stereocenters. The van der Waals surface area contributed by atoms with Gasteiger partial charge in [0.15, 0.2) is 0 Å². The number of nitrogens with one attached hydrogen (secondary N) is 2. The third kappa shape index (κ3) is 3.40. The summed E-state index contributed by atoms with van der Waals surface area (Å²) in [7, 11) is 0. The van der Waals surface area contributed by atoms with Crippen LogP contribution in [-0.2, 0) is 16.1 Å². The molecule has 23 heavy (non-hydrogen) atoms. The quantitative estimate of drug-likeness (QED) is 0.845. The maximum absolute atomic E-state index is 12.5. The van der Waals surface area contributed by atoms with Gasteiger partial charge in [0.2, 0.25) is 0 Å². The highest BCUT2D eigenvalue weighted by Crippen LogP contribution is 2.09. The van der Waals surface area contributed by atoms with E-state index in [2.05, 4.69) is 15.3 Å². The highest BCUT2D eigenvalue weighted by atomic mass is 16.5. The molecule has 0 radical (unpaired) electrons. The van der Waals surface area contributed by atoms with Crippen LogP contribution >= 0.6 is 0 Å². The molecular formula is C16H20N4O3. The Morgan fingerprint density at radius 3 is 3.00 bits per heavy atom. The third-order valence-corrected chi connectivity index (χ3v) is 3.90. The summed E-state index contributed by atoms with van der Waals surface area (Å²) in [6, 6.07) is 7.16. The van der Waals surface area contributed by atoms with Crippen LogP contribution in [-0.4, -0.2) is 53.1 Å². The topological polar surface area (TPSA) is 87.3 Å². The average molecular weight is 316 g/mol. The molecule has 0 bridgehead atoms. The Kier molecular flexibility index (Phi) is 4.68. The zero-order valence-electron chi connectivity index (χ0n) is 13.0. The normalized spacial score (nSPS) is 18.0. The van der Waals surface area contributed by atoms with Crippen molar-refractivity contribution in [2.24, 2.45) is 0 Å². The predicted octanol–water partition coefficient (Wildman–Crippen LogP) is 0.260. The molecule has 0 spiro atoms. The maximum Gasteiger partial charge on any atom is 0.258 e. The van der Waals surface area contributed by atoms with Crippen LogP contribution in [0.15, 0.2) is 29.1 Å². The summed E-state index contributed by atoms with van der Waals surface area (Å²) >= 11 is 0. The van der Waals surface area contributed by atoms with Gasteiger partial charge in [-0.25, -0.2) is 4.98 Å². The fraction of sp³-hybridized carbons (Fsp3) is 0.438. The fourth-order valence-electron chi connectivity index (χ4n) is 2.66. The molecule has 2 aromatic rings. The number of fused-ring (bicyclic) bond motifs is 1. The van der Waals surface area contributed by atoms with Gasteiger partial charge in [0, 0.05) is 19.6 Å². The van der Waals surface area contributed by atoms with Gasteiger partial charge in [0.25, 0.3) is 11.5 Å². The second-order valence-corrected chi connectivity index (χ2v) is 5.45. The lowest BCUT2D eigenvalue weighted by Gasteiger charge is -2.28. The molecular weight excluding hydrogens is 296 g/mol. The van der Waals surface area contributed by atoms with Gasteiger partial charge in [-0.1, -0.05) is 12.1 Å². The number of aromatic amines is 1. The largest absolute Gasteiger partial charge is 0.366 e. The van der Waals surface area contributed by atoms with Gasteiger partial charge >= 0.3 is 0 Å². The van der Waals surface area contributed by atoms with Gasteiger partial charge in [0.1, 0.15) is 11.9 Å². The molecule has 1 saturated heterocycles. The SMILES string of the molecule is CCN(Cc1nc2ccccc2c(=O)[nH]1)C(=O)[C@@H]1CNCCO1. The number of ether oxygens (including phenoxy) is 1. The van der Waals surface area contributed by atoms with Crippen molar-refractivity contribution in [3.8, 4) is 0 Å². The van der Waals surface area contributed by atoms with E-state index in [1.54, 1.807) is 23.1 Å². The van der Waals surface area contributed by atoms with Crippen molar-refractivity contribution in [1.29, 1.82) is 0 Å². The fourth-order valence-corrected chi connectivity index (χ4v) is 2.66. The monoisotopic (exact) mass is 316 g/mol. The van der Waals surface area contributed by atoms with Crippen LogP contribution in [0, 0.1) is 0 Å². The molecule has 2 N–H and O–H groups in total. The van der Waals surface area contributed by atoms with Gasteiger partial charge in [-0.2, -0.15) is 0 Å². The second-order valence-electron chi connectivity index (χ2n) is 5.45. The zero-order valence-corrected chi connectivity index (χ0v) is 13.0. The molecule has 2 heterocycles. The number of hydrogen-bond donors (Lipinski definition) is 2. The first kappa shape index (κ1) is 15.6. The Bertz CT molecular complexity index is 752. The number of aromatic nitrogens is 2. The molecule has 0 unspecified atom stereocenters. The van der Waals surface area contributed by atoms with E-state index >= 15 is 0 Å². The Hall–Kier alpha value is -2.25. The van der Waals surface area contributed by atoms with Crippen molar-refractivity contribution in [2.45, 2.75) is 19.6 Å². The average Bonchev–Trinajstić information content (AvgIpc) is 2.60. The number of amides is 1. The molecule has 1 aliphatic heterocycles. The van der Waals surface area contributed by atoms with Gasteiger partial charge in [-0.05, 0) is 19.1 Å². The van der Waals surface area contributed by atoms with E-state index < -0.39 is 6.10 Å². The molecule has 122 valence electrons. The molecule has 7 heteroatoms. The minimum absolute atomic E-state index is 0.0875. The van der Waals surface area contributed by atoms with E-state index in [1.165, 1.54) is 0 Å². The van der Waals surface area contributed by atoms with Gasteiger partial charge in [-0.15, -0.1) is 0 Å². The summed E-state index contributed by atoms with van der Waals surface area (Å²) in [4.78, 5) is 33.5. The van der Waals surface area contributed by atoms with Gasteiger partial charge in [-0.3, -0.25) is 9.59 Å². The van der Waals surface area contributed by atoms with Crippen molar-refractivity contribution in [3.05, 3.63) is 40.4 Å². The van der Waals surface area contributed by atoms with E-state index in [0.717, 1.165) is 6.54 Å². The first-order chi connectivity index (χ1) is 11.2. The summed E-state index contributed by atoms with van der Waals surface area (Å²) in [6.45, 7) is 4.48. The van der Waals surface area contributed by atoms with E-state index in [4.69, 9.17) is 4.74 Å². The number of likely N-dealkylation sites (N-methyl/N-ethyl adjacent to an activating group) is 1. The van der Waals surface area contributed by atoms with E-state index in [-0.39, 0.29) is 18.0 Å². The molecule has 1 aromatic carbocycles. The number of hydrogen-bond acceptors (Lipinski definition) is 5. The van der Waals surface area contributed by atoms with Gasteiger partial charge in [0.05, 0.1) is 24.1 Å². The first-order valence-corrected chi connectivity index (χ1v) is 7.78. The molecule has 1 amide bonds. The highest BCUT2D eigenvalue weighted by Gasteiger charge is 2.26. The van der Waals surface area contributed by atoms with Gasteiger partial charge < -0.3 is 19.9 Å². The molecule has 0 saturated carbocycles. The Balaban J connectivity index is 1.81. The minimum Gasteiger partial charge on any atom is -0.366 e. The van der Waals surface area contributed by atoms with Crippen LogP contribution in [0.5, 0.6) is 0 Å².